The first-order valence-electron chi connectivity index (χ1n) is 6.23. The lowest BCUT2D eigenvalue weighted by molar-refractivity contribution is 0.601. The van der Waals surface area contributed by atoms with Crippen molar-refractivity contribution in [2.45, 2.75) is 11.8 Å². The Morgan fingerprint density at radius 3 is 2.36 bits per heavy atom. The molecule has 0 atom stereocenters. The number of hydrogen-bond acceptors (Lipinski definition) is 3. The second-order valence-corrected chi connectivity index (χ2v) is 7.14. The highest BCUT2D eigenvalue weighted by molar-refractivity contribution is 7.92. The Bertz CT molecular complexity index is 805. The Morgan fingerprint density at radius 1 is 1.18 bits per heavy atom. The second kappa shape index (κ2) is 6.51. The van der Waals surface area contributed by atoms with Gasteiger partial charge in [0.25, 0.3) is 10.0 Å². The van der Waals surface area contributed by atoms with E-state index >= 15 is 0 Å². The monoisotopic (exact) mass is 355 g/mol. The first-order valence-corrected chi connectivity index (χ1v) is 8.50. The van der Waals surface area contributed by atoms with Crippen LogP contribution in [0.15, 0.2) is 47.4 Å². The second-order valence-electron chi connectivity index (χ2n) is 4.58. The van der Waals surface area contributed by atoms with Gasteiger partial charge in [-0.15, -0.1) is 0 Å². The zero-order valence-electron chi connectivity index (χ0n) is 11.6. The Labute approximate surface area is 139 Å². The van der Waals surface area contributed by atoms with Gasteiger partial charge in [-0.2, -0.15) is 0 Å². The number of nitrogens with one attached hydrogen (secondary N) is 2. The molecule has 22 heavy (non-hydrogen) atoms. The van der Waals surface area contributed by atoms with Crippen LogP contribution >= 0.6 is 23.8 Å². The summed E-state index contributed by atoms with van der Waals surface area (Å²) in [5.74, 6) is 0. The SMILES string of the molecule is Cc1cc(NC(N)=S)ccc1NS(=O)(=O)c1ccc(Cl)cc1. The maximum atomic E-state index is 12.3. The summed E-state index contributed by atoms with van der Waals surface area (Å²) in [6.45, 7) is 1.78. The fraction of sp³-hybridized carbons (Fsp3) is 0.0714. The molecule has 8 heteroatoms. The molecule has 2 rings (SSSR count). The van der Waals surface area contributed by atoms with Crippen LogP contribution in [-0.4, -0.2) is 13.5 Å². The number of halogens is 1. The van der Waals surface area contributed by atoms with Crippen molar-refractivity contribution in [3.8, 4) is 0 Å². The van der Waals surface area contributed by atoms with E-state index in [1.54, 1.807) is 25.1 Å². The van der Waals surface area contributed by atoms with Gasteiger partial charge in [0, 0.05) is 10.7 Å². The van der Waals surface area contributed by atoms with Crippen molar-refractivity contribution in [1.29, 1.82) is 0 Å². The van der Waals surface area contributed by atoms with Crippen LogP contribution in [0.25, 0.3) is 0 Å². The average molecular weight is 356 g/mol. The first-order chi connectivity index (χ1) is 10.3. The number of anilines is 2. The number of thiocarbonyl (C=S) groups is 1. The van der Waals surface area contributed by atoms with Crippen molar-refractivity contribution in [3.05, 3.63) is 53.1 Å². The molecule has 0 radical (unpaired) electrons. The predicted octanol–water partition coefficient (Wildman–Crippen LogP) is 3.10. The number of benzene rings is 2. The largest absolute Gasteiger partial charge is 0.376 e. The molecule has 0 saturated heterocycles. The third-order valence-electron chi connectivity index (χ3n) is 2.86. The van der Waals surface area contributed by atoms with Crippen LogP contribution in [0, 0.1) is 6.92 Å². The Morgan fingerprint density at radius 2 is 1.82 bits per heavy atom. The van der Waals surface area contributed by atoms with E-state index in [0.717, 1.165) is 5.56 Å². The Kier molecular flexibility index (Phi) is 4.90. The smallest absolute Gasteiger partial charge is 0.261 e. The summed E-state index contributed by atoms with van der Waals surface area (Å²) in [4.78, 5) is 0.140. The molecule has 0 aromatic heterocycles. The normalized spacial score (nSPS) is 11.0. The minimum atomic E-state index is -3.67. The fourth-order valence-electron chi connectivity index (χ4n) is 1.82. The molecule has 0 fully saturated rings. The van der Waals surface area contributed by atoms with E-state index in [2.05, 4.69) is 10.0 Å². The number of rotatable bonds is 4. The molecule has 0 bridgehead atoms. The topological polar surface area (TPSA) is 84.2 Å². The maximum Gasteiger partial charge on any atom is 0.261 e. The molecule has 0 unspecified atom stereocenters. The third-order valence-corrected chi connectivity index (χ3v) is 4.60. The van der Waals surface area contributed by atoms with Crippen LogP contribution in [0.1, 0.15) is 5.56 Å². The van der Waals surface area contributed by atoms with Gasteiger partial charge >= 0.3 is 0 Å². The quantitative estimate of drug-likeness (QED) is 0.734. The Hall–Kier alpha value is -1.83. The number of hydrogen-bond donors (Lipinski definition) is 3. The highest BCUT2D eigenvalue weighted by Crippen LogP contribution is 2.23. The number of nitrogens with two attached hydrogens (primary N) is 1. The Balaban J connectivity index is 2.26. The first kappa shape index (κ1) is 16.5. The van der Waals surface area contributed by atoms with Crippen molar-refractivity contribution in [1.82, 2.24) is 0 Å². The number of sulfonamides is 1. The van der Waals surface area contributed by atoms with Gasteiger partial charge in [0.15, 0.2) is 5.11 Å². The van der Waals surface area contributed by atoms with Crippen molar-refractivity contribution < 1.29 is 8.42 Å². The van der Waals surface area contributed by atoms with E-state index in [4.69, 9.17) is 29.6 Å². The van der Waals surface area contributed by atoms with E-state index < -0.39 is 10.0 Å². The van der Waals surface area contributed by atoms with Crippen molar-refractivity contribution in [3.63, 3.8) is 0 Å². The molecule has 0 heterocycles. The lowest BCUT2D eigenvalue weighted by Crippen LogP contribution is -2.19. The molecule has 0 aliphatic carbocycles. The van der Waals surface area contributed by atoms with Crippen molar-refractivity contribution in [2.75, 3.05) is 10.0 Å². The zero-order chi connectivity index (χ0) is 16.3. The van der Waals surface area contributed by atoms with Crippen LogP contribution in [-0.2, 0) is 10.0 Å². The molecule has 0 amide bonds. The van der Waals surface area contributed by atoms with E-state index in [0.29, 0.717) is 16.4 Å². The standard InChI is InChI=1S/C14H14ClN3O2S2/c1-9-8-11(17-14(16)21)4-7-13(9)18-22(19,20)12-5-2-10(15)3-6-12/h2-8,18H,1H3,(H3,16,17,21). The summed E-state index contributed by atoms with van der Waals surface area (Å²) in [6, 6.07) is 11.0. The van der Waals surface area contributed by atoms with Gasteiger partial charge in [-0.1, -0.05) is 11.6 Å². The molecule has 0 aliphatic heterocycles. The summed E-state index contributed by atoms with van der Waals surface area (Å²) in [6.07, 6.45) is 0. The predicted molar refractivity (Wildman–Crippen MR) is 93.8 cm³/mol. The average Bonchev–Trinajstić information content (AvgIpc) is 2.41. The van der Waals surface area contributed by atoms with Crippen LogP contribution in [0.3, 0.4) is 0 Å². The minimum absolute atomic E-state index is 0.140. The molecule has 0 spiro atoms. The molecule has 5 nitrogen and oxygen atoms in total. The van der Waals surface area contributed by atoms with Crippen molar-refractivity contribution >= 4 is 50.3 Å². The van der Waals surface area contributed by atoms with E-state index in [-0.39, 0.29) is 10.0 Å². The van der Waals surface area contributed by atoms with Crippen molar-refractivity contribution in [2.24, 2.45) is 5.73 Å². The van der Waals surface area contributed by atoms with Crippen LogP contribution in [0.4, 0.5) is 11.4 Å². The zero-order valence-corrected chi connectivity index (χ0v) is 14.0. The molecule has 4 N–H and O–H groups in total. The van der Waals surface area contributed by atoms with Gasteiger partial charge in [0.05, 0.1) is 10.6 Å². The lowest BCUT2D eigenvalue weighted by atomic mass is 10.2. The summed E-state index contributed by atoms with van der Waals surface area (Å²) in [5.41, 5.74) is 7.30. The fourth-order valence-corrected chi connectivity index (χ4v) is 3.19. The van der Waals surface area contributed by atoms with Gasteiger partial charge in [0.2, 0.25) is 0 Å². The summed E-state index contributed by atoms with van der Waals surface area (Å²) in [7, 11) is -3.67. The highest BCUT2D eigenvalue weighted by Gasteiger charge is 2.15. The molecule has 0 aliphatic rings. The third kappa shape index (κ3) is 4.09. The number of aryl methyl sites for hydroxylation is 1. The maximum absolute atomic E-state index is 12.3. The molecular formula is C14H14ClN3O2S2. The minimum Gasteiger partial charge on any atom is -0.376 e. The summed E-state index contributed by atoms with van der Waals surface area (Å²) in [5, 5.41) is 3.41. The van der Waals surface area contributed by atoms with Gasteiger partial charge in [-0.05, 0) is 67.2 Å². The summed E-state index contributed by atoms with van der Waals surface area (Å²) >= 11 is 10.5. The molecule has 2 aromatic carbocycles. The van der Waals surface area contributed by atoms with Gasteiger partial charge in [0.1, 0.15) is 0 Å². The van der Waals surface area contributed by atoms with Gasteiger partial charge < -0.3 is 11.1 Å². The van der Waals surface area contributed by atoms with E-state index in [9.17, 15) is 8.42 Å². The lowest BCUT2D eigenvalue weighted by Gasteiger charge is -2.12. The van der Waals surface area contributed by atoms with Crippen LogP contribution < -0.4 is 15.8 Å². The van der Waals surface area contributed by atoms with Crippen LogP contribution in [0.2, 0.25) is 5.02 Å². The van der Waals surface area contributed by atoms with Crippen LogP contribution in [0.5, 0.6) is 0 Å². The molecule has 0 saturated carbocycles. The van der Waals surface area contributed by atoms with Gasteiger partial charge in [-0.25, -0.2) is 8.42 Å². The molecule has 116 valence electrons. The van der Waals surface area contributed by atoms with E-state index in [1.165, 1.54) is 24.3 Å². The molecule has 2 aromatic rings. The molecular weight excluding hydrogens is 342 g/mol. The highest BCUT2D eigenvalue weighted by atomic mass is 35.5. The van der Waals surface area contributed by atoms with Gasteiger partial charge in [-0.3, -0.25) is 4.72 Å². The van der Waals surface area contributed by atoms with E-state index in [1.807, 2.05) is 0 Å². The summed E-state index contributed by atoms with van der Waals surface area (Å²) < 4.78 is 27.2.